The predicted octanol–water partition coefficient (Wildman–Crippen LogP) is 5.27. The van der Waals surface area contributed by atoms with E-state index in [9.17, 15) is 39.0 Å². The van der Waals surface area contributed by atoms with E-state index in [1.807, 2.05) is 13.0 Å². The van der Waals surface area contributed by atoms with E-state index in [0.717, 1.165) is 11.1 Å². The number of fused-ring (bicyclic) bond motifs is 5. The number of hydrogen-bond donors (Lipinski definition) is 5. The molecule has 2 aromatic rings. The normalized spacial score (nSPS) is 29.3. The topological polar surface area (TPSA) is 244 Å². The number of alkyl carbamates (subject to hydrolysis) is 1. The minimum Gasteiger partial charge on any atom is -0.495 e. The molecule has 0 spiro atoms. The van der Waals surface area contributed by atoms with E-state index in [0.29, 0.717) is 47.1 Å². The van der Waals surface area contributed by atoms with Crippen molar-refractivity contribution in [3.05, 3.63) is 70.8 Å². The Kier molecular flexibility index (Phi) is 15.5. The fraction of sp³-hybridized carbons (Fsp3) is 0.511. The van der Waals surface area contributed by atoms with Crippen LogP contribution in [0.15, 0.2) is 60.2 Å². The zero-order valence-electron chi connectivity index (χ0n) is 37.1. The molecule has 0 aliphatic carbocycles. The number of hydrogen-bond acceptors (Lipinski definition) is 14. The Bertz CT molecular complexity index is 2200. The zero-order chi connectivity index (χ0) is 47.2. The van der Waals surface area contributed by atoms with E-state index in [4.69, 9.17) is 40.1 Å². The predicted molar refractivity (Wildman–Crippen MR) is 234 cm³/mol. The second-order valence-corrected chi connectivity index (χ2v) is 17.2. The Morgan fingerprint density at radius 3 is 2.38 bits per heavy atom. The van der Waals surface area contributed by atoms with Gasteiger partial charge in [0.1, 0.15) is 34.7 Å². The summed E-state index contributed by atoms with van der Waals surface area (Å²) in [6.45, 7) is 5.37. The van der Waals surface area contributed by atoms with Crippen molar-refractivity contribution in [3.63, 3.8) is 0 Å². The number of epoxide rings is 1. The first kappa shape index (κ1) is 48.7. The number of benzene rings is 2. The minimum absolute atomic E-state index is 0.0443. The lowest BCUT2D eigenvalue weighted by molar-refractivity contribution is -0.220. The van der Waals surface area contributed by atoms with Crippen LogP contribution >= 0.6 is 11.6 Å². The van der Waals surface area contributed by atoms with Crippen LogP contribution in [0.2, 0.25) is 5.02 Å². The maximum Gasteiger partial charge on any atom is 0.412 e. The van der Waals surface area contributed by atoms with E-state index >= 15 is 0 Å². The number of amides is 5. The van der Waals surface area contributed by atoms with Gasteiger partial charge in [-0.15, -0.1) is 5.06 Å². The summed E-state index contributed by atoms with van der Waals surface area (Å²) >= 11 is 6.78. The molecule has 20 heteroatoms. The van der Waals surface area contributed by atoms with Crippen molar-refractivity contribution < 1.29 is 67.5 Å². The third-order valence-electron chi connectivity index (χ3n) is 12.0. The van der Waals surface area contributed by atoms with Crippen LogP contribution in [-0.4, -0.2) is 114 Å². The second kappa shape index (κ2) is 20.6. The van der Waals surface area contributed by atoms with Gasteiger partial charge in [-0.1, -0.05) is 42.3 Å². The maximum absolute atomic E-state index is 14.2. The molecule has 19 nitrogen and oxygen atoms in total. The molecule has 5 N–H and O–H groups in total. The zero-order valence-corrected chi connectivity index (χ0v) is 37.8. The summed E-state index contributed by atoms with van der Waals surface area (Å²) in [5, 5.41) is 30.3. The quantitative estimate of drug-likeness (QED) is 0.142. The van der Waals surface area contributed by atoms with Gasteiger partial charge >= 0.3 is 18.2 Å². The molecule has 0 aromatic heterocycles. The Morgan fingerprint density at radius 1 is 1.03 bits per heavy atom. The van der Waals surface area contributed by atoms with Crippen LogP contribution in [0.1, 0.15) is 77.7 Å². The van der Waals surface area contributed by atoms with Gasteiger partial charge in [0.2, 0.25) is 11.8 Å². The fourth-order valence-electron chi connectivity index (χ4n) is 8.21. The number of halogens is 1. The number of unbranched alkanes of at least 4 members (excludes halogenated alkanes) is 1. The first-order chi connectivity index (χ1) is 30.8. The molecule has 65 heavy (non-hydrogen) atoms. The number of ether oxygens (including phenoxy) is 5. The highest BCUT2D eigenvalue weighted by Crippen LogP contribution is 2.49. The molecule has 4 heterocycles. The average molecular weight is 926 g/mol. The summed E-state index contributed by atoms with van der Waals surface area (Å²) in [7, 11) is 4.44. The van der Waals surface area contributed by atoms with Gasteiger partial charge in [-0.3, -0.25) is 25.0 Å². The monoisotopic (exact) mass is 925 g/mol. The molecule has 1 unspecified atom stereocenters. The minimum atomic E-state index is -1.86. The van der Waals surface area contributed by atoms with Crippen LogP contribution in [-0.2, 0) is 49.4 Å². The van der Waals surface area contributed by atoms with Crippen molar-refractivity contribution in [2.75, 3.05) is 36.8 Å². The van der Waals surface area contributed by atoms with Crippen LogP contribution in [0.4, 0.5) is 26.7 Å². The van der Waals surface area contributed by atoms with Gasteiger partial charge in [-0.2, -0.15) is 0 Å². The van der Waals surface area contributed by atoms with Gasteiger partial charge in [-0.25, -0.2) is 14.4 Å². The molecule has 5 amide bonds. The van der Waals surface area contributed by atoms with Gasteiger partial charge in [0, 0.05) is 63.6 Å². The Balaban J connectivity index is 1.15. The van der Waals surface area contributed by atoms with Crippen molar-refractivity contribution in [2.45, 2.75) is 121 Å². The van der Waals surface area contributed by atoms with Crippen LogP contribution in [0.5, 0.6) is 5.75 Å². The SMILES string of the molecule is COc1cc2cc(c1Cl)N(C)C(=O)C[C@H](OC(=O)Nc1ccc(NC(=O)CCCCC(=O)ON3C(=O)CCC3O)cc1)[C@]1(C)O[C@H]1[C@H](C)[C@@H]1C[C@@](O)(NC(=O)O1)[C@H](OC)/C=C/C=C(\C)C2. The lowest BCUT2D eigenvalue weighted by Gasteiger charge is -2.42. The number of allylic oxidation sites excluding steroid dienone is 3. The Hall–Kier alpha value is -5.73. The Labute approximate surface area is 381 Å². The lowest BCUT2D eigenvalue weighted by atomic mass is 9.83. The molecular weight excluding hydrogens is 870 g/mol. The second-order valence-electron chi connectivity index (χ2n) is 16.9. The molecule has 0 saturated carbocycles. The number of carbonyl (C=O) groups excluding carboxylic acids is 6. The van der Waals surface area contributed by atoms with E-state index in [-0.39, 0.29) is 49.5 Å². The van der Waals surface area contributed by atoms with Crippen molar-refractivity contribution in [1.82, 2.24) is 10.4 Å². The number of carbonyl (C=O) groups is 6. The van der Waals surface area contributed by atoms with Crippen LogP contribution < -0.4 is 25.6 Å². The molecule has 8 atom stereocenters. The van der Waals surface area contributed by atoms with E-state index in [1.54, 1.807) is 69.4 Å². The molecular formula is C45H56ClN5O14. The van der Waals surface area contributed by atoms with Gasteiger partial charge in [0.25, 0.3) is 5.91 Å². The molecule has 4 bridgehead atoms. The lowest BCUT2D eigenvalue weighted by Crippen LogP contribution is -2.63. The summed E-state index contributed by atoms with van der Waals surface area (Å²) in [5.41, 5.74) is -0.336. The van der Waals surface area contributed by atoms with Crippen LogP contribution in [0.25, 0.3) is 0 Å². The molecule has 0 radical (unpaired) electrons. The summed E-state index contributed by atoms with van der Waals surface area (Å²) in [5.74, 6) is -2.16. The number of aliphatic hydroxyl groups excluding tert-OH is 1. The number of nitrogens with one attached hydrogen (secondary N) is 3. The third kappa shape index (κ3) is 11.8. The highest BCUT2D eigenvalue weighted by molar-refractivity contribution is 6.35. The number of rotatable bonds is 11. The number of aliphatic hydroxyl groups is 2. The van der Waals surface area contributed by atoms with Crippen molar-refractivity contribution in [1.29, 1.82) is 0 Å². The smallest absolute Gasteiger partial charge is 0.412 e. The van der Waals surface area contributed by atoms with Crippen molar-refractivity contribution >= 4 is 64.5 Å². The van der Waals surface area contributed by atoms with Crippen molar-refractivity contribution in [2.24, 2.45) is 5.92 Å². The summed E-state index contributed by atoms with van der Waals surface area (Å²) in [6.07, 6.45) is -0.472. The van der Waals surface area contributed by atoms with Gasteiger partial charge in [0.15, 0.2) is 12.0 Å². The molecule has 3 fully saturated rings. The maximum atomic E-state index is 14.2. The molecule has 2 aromatic carbocycles. The van der Waals surface area contributed by atoms with E-state index < -0.39 is 77.9 Å². The molecule has 4 aliphatic heterocycles. The summed E-state index contributed by atoms with van der Waals surface area (Å²) in [6, 6.07) is 9.77. The number of nitrogens with zero attached hydrogens (tertiary/aromatic N) is 2. The number of methoxy groups -OCH3 is 2. The van der Waals surface area contributed by atoms with Crippen LogP contribution in [0.3, 0.4) is 0 Å². The van der Waals surface area contributed by atoms with Gasteiger partial charge in [0.05, 0.1) is 25.3 Å². The first-order valence-electron chi connectivity index (χ1n) is 21.3. The standard InChI is InChI=1S/C45H56ClN5O14/c1-25-10-9-11-33(61-6)45(59)24-32(62-43(58)49-45)26(2)41-44(3,64-41)34(23-38(55)50(4)30-21-27(20-25)22-31(60-5)40(30)46)63-42(57)48-29-16-14-28(15-17-29)47-35(52)12-7-8-13-39(56)65-51-36(53)18-19-37(51)54/h9-11,14-17,21-22,26,32-34,36,41,53,59H,7-8,12-13,18-20,23-24H2,1-6H3,(H,47,52)(H,48,57)(H,49,58)/b11-9+,25-10+/t26-,32+,33-,34+,36?,41+,44+,45+/m1/s1. The van der Waals surface area contributed by atoms with E-state index in [2.05, 4.69) is 16.0 Å². The van der Waals surface area contributed by atoms with Gasteiger partial charge in [-0.05, 0) is 75.1 Å². The van der Waals surface area contributed by atoms with Crippen LogP contribution in [0, 0.1) is 5.92 Å². The van der Waals surface area contributed by atoms with Gasteiger partial charge < -0.3 is 49.0 Å². The molecule has 6 rings (SSSR count). The third-order valence-corrected chi connectivity index (χ3v) is 12.4. The van der Waals surface area contributed by atoms with E-state index in [1.165, 1.54) is 19.1 Å². The average Bonchev–Trinajstić information content (AvgIpc) is 3.86. The Morgan fingerprint density at radius 2 is 1.72 bits per heavy atom. The first-order valence-corrected chi connectivity index (χ1v) is 21.7. The largest absolute Gasteiger partial charge is 0.495 e. The summed E-state index contributed by atoms with van der Waals surface area (Å²) < 4.78 is 29.1. The number of anilines is 3. The molecule has 352 valence electrons. The summed E-state index contributed by atoms with van der Waals surface area (Å²) in [4.78, 5) is 83.4. The fourth-order valence-corrected chi connectivity index (χ4v) is 8.52. The van der Waals surface area contributed by atoms with Crippen molar-refractivity contribution in [3.8, 4) is 5.75 Å². The molecule has 4 aliphatic rings. The number of hydroxylamine groups is 2. The molecule has 3 saturated heterocycles. The highest BCUT2D eigenvalue weighted by Gasteiger charge is 2.64. The highest BCUT2D eigenvalue weighted by atomic mass is 35.5.